The highest BCUT2D eigenvalue weighted by atomic mass is 32.2. The van der Waals surface area contributed by atoms with Crippen molar-refractivity contribution in [2.45, 2.75) is 64.5 Å². The fraction of sp³-hybridized carbons (Fsp3) is 0.706. The number of hydrogen-bond acceptors (Lipinski definition) is 2. The summed E-state index contributed by atoms with van der Waals surface area (Å²) in [7, 11) is -0.754. The van der Waals surface area contributed by atoms with Crippen molar-refractivity contribution < 1.29 is 9.00 Å². The lowest BCUT2D eigenvalue weighted by atomic mass is 9.95. The Morgan fingerprint density at radius 2 is 1.95 bits per heavy atom. The fourth-order valence-corrected chi connectivity index (χ4v) is 5.36. The topological polar surface area (TPSA) is 51.1 Å². The molecule has 2 heterocycles. The van der Waals surface area contributed by atoms with E-state index in [-0.39, 0.29) is 11.9 Å². The molecule has 3 rings (SSSR count). The van der Waals surface area contributed by atoms with Crippen LogP contribution in [0.4, 0.5) is 0 Å². The van der Waals surface area contributed by atoms with Gasteiger partial charge in [-0.05, 0) is 39.2 Å². The normalized spacial score (nSPS) is 26.3. The van der Waals surface area contributed by atoms with Gasteiger partial charge in [-0.25, -0.2) is 0 Å². The smallest absolute Gasteiger partial charge is 0.253 e. The maximum Gasteiger partial charge on any atom is 0.253 e. The maximum absolute atomic E-state index is 12.6. The first-order valence-electron chi connectivity index (χ1n) is 8.40. The summed E-state index contributed by atoms with van der Waals surface area (Å²) in [6, 6.07) is 2.64. The van der Waals surface area contributed by atoms with E-state index >= 15 is 0 Å². The van der Waals surface area contributed by atoms with Crippen LogP contribution in [-0.4, -0.2) is 32.2 Å². The second-order valence-corrected chi connectivity index (χ2v) is 8.34. The number of aromatic nitrogens is 1. The van der Waals surface area contributed by atoms with E-state index in [4.69, 9.17) is 0 Å². The standard InChI is InChI=1S/C17H26N2O2S/c1-12-10-16(17(20)18-14-8-9-22(21)11-14)13(2)19(12)15-6-4-3-5-7-15/h10,14-15H,3-9,11H2,1-2H3,(H,18,20). The van der Waals surface area contributed by atoms with E-state index in [1.54, 1.807) is 0 Å². The Labute approximate surface area is 135 Å². The van der Waals surface area contributed by atoms with E-state index in [1.807, 2.05) is 6.07 Å². The summed E-state index contributed by atoms with van der Waals surface area (Å²) < 4.78 is 13.8. The molecule has 1 aromatic rings. The minimum absolute atomic E-state index is 0.000871. The van der Waals surface area contributed by atoms with Crippen molar-refractivity contribution in [2.75, 3.05) is 11.5 Å². The minimum Gasteiger partial charge on any atom is -0.348 e. The van der Waals surface area contributed by atoms with E-state index in [1.165, 1.54) is 37.8 Å². The van der Waals surface area contributed by atoms with Gasteiger partial charge in [-0.1, -0.05) is 19.3 Å². The second-order valence-electron chi connectivity index (χ2n) is 6.72. The van der Waals surface area contributed by atoms with Crippen LogP contribution in [0.1, 0.15) is 66.3 Å². The Hall–Kier alpha value is -1.10. The molecule has 0 bridgehead atoms. The number of aryl methyl sites for hydroxylation is 1. The summed E-state index contributed by atoms with van der Waals surface area (Å²) in [5.74, 6) is 1.32. The minimum atomic E-state index is -0.754. The van der Waals surface area contributed by atoms with Gasteiger partial charge in [0, 0.05) is 45.8 Å². The highest BCUT2D eigenvalue weighted by molar-refractivity contribution is 7.85. The molecule has 2 unspecified atom stereocenters. The highest BCUT2D eigenvalue weighted by Crippen LogP contribution is 2.32. The van der Waals surface area contributed by atoms with Crippen LogP contribution in [0.15, 0.2) is 6.07 Å². The number of carbonyl (C=O) groups excluding carboxylic acids is 1. The lowest BCUT2D eigenvalue weighted by molar-refractivity contribution is 0.0940. The molecular weight excluding hydrogens is 296 g/mol. The van der Waals surface area contributed by atoms with Crippen LogP contribution in [0.5, 0.6) is 0 Å². The zero-order valence-electron chi connectivity index (χ0n) is 13.6. The Bertz CT molecular complexity index is 588. The molecular formula is C17H26N2O2S. The van der Waals surface area contributed by atoms with Crippen LogP contribution >= 0.6 is 0 Å². The molecule has 1 aliphatic heterocycles. The average molecular weight is 322 g/mol. The summed E-state index contributed by atoms with van der Waals surface area (Å²) in [6.07, 6.45) is 7.19. The predicted molar refractivity (Wildman–Crippen MR) is 89.8 cm³/mol. The van der Waals surface area contributed by atoms with Crippen molar-refractivity contribution >= 4 is 16.7 Å². The summed E-state index contributed by atoms with van der Waals surface area (Å²) in [4.78, 5) is 12.6. The molecule has 1 aliphatic carbocycles. The molecule has 1 aromatic heterocycles. The summed E-state index contributed by atoms with van der Waals surface area (Å²) in [5.41, 5.74) is 3.06. The van der Waals surface area contributed by atoms with E-state index in [0.717, 1.165) is 17.7 Å². The van der Waals surface area contributed by atoms with Gasteiger partial charge in [0.2, 0.25) is 0 Å². The van der Waals surface area contributed by atoms with Crippen LogP contribution < -0.4 is 5.32 Å². The fourth-order valence-electron chi connectivity index (χ4n) is 3.95. The van der Waals surface area contributed by atoms with Crippen LogP contribution in [0.25, 0.3) is 0 Å². The first kappa shape index (κ1) is 15.8. The highest BCUT2D eigenvalue weighted by Gasteiger charge is 2.26. The Morgan fingerprint density at radius 1 is 1.23 bits per heavy atom. The Kier molecular flexibility index (Phi) is 4.71. The monoisotopic (exact) mass is 322 g/mol. The maximum atomic E-state index is 12.6. The first-order valence-corrected chi connectivity index (χ1v) is 9.89. The molecule has 2 aliphatic rings. The zero-order valence-corrected chi connectivity index (χ0v) is 14.4. The third-order valence-electron chi connectivity index (χ3n) is 5.09. The molecule has 1 saturated heterocycles. The van der Waals surface area contributed by atoms with Gasteiger partial charge in [-0.2, -0.15) is 0 Å². The first-order chi connectivity index (χ1) is 10.6. The largest absolute Gasteiger partial charge is 0.348 e. The van der Waals surface area contributed by atoms with Gasteiger partial charge in [-0.3, -0.25) is 9.00 Å². The quantitative estimate of drug-likeness (QED) is 0.930. The van der Waals surface area contributed by atoms with Crippen molar-refractivity contribution in [3.05, 3.63) is 23.0 Å². The van der Waals surface area contributed by atoms with Gasteiger partial charge < -0.3 is 9.88 Å². The average Bonchev–Trinajstić information content (AvgIpc) is 3.03. The van der Waals surface area contributed by atoms with Gasteiger partial charge in [0.05, 0.1) is 5.56 Å². The third kappa shape index (κ3) is 3.14. The molecule has 1 amide bonds. The van der Waals surface area contributed by atoms with E-state index in [0.29, 0.717) is 17.5 Å². The number of rotatable bonds is 3. The SMILES string of the molecule is Cc1cc(C(=O)NC2CCS(=O)C2)c(C)n1C1CCCCC1. The van der Waals surface area contributed by atoms with Gasteiger partial charge in [-0.15, -0.1) is 0 Å². The van der Waals surface area contributed by atoms with E-state index in [9.17, 15) is 9.00 Å². The number of amides is 1. The Balaban J connectivity index is 1.76. The van der Waals surface area contributed by atoms with Crippen LogP contribution in [0, 0.1) is 13.8 Å². The van der Waals surface area contributed by atoms with Gasteiger partial charge in [0.15, 0.2) is 0 Å². The van der Waals surface area contributed by atoms with Gasteiger partial charge >= 0.3 is 0 Å². The summed E-state index contributed by atoms with van der Waals surface area (Å²) >= 11 is 0. The molecule has 0 radical (unpaired) electrons. The van der Waals surface area contributed by atoms with Crippen molar-refractivity contribution in [1.29, 1.82) is 0 Å². The van der Waals surface area contributed by atoms with Crippen LogP contribution in [0.3, 0.4) is 0 Å². The molecule has 22 heavy (non-hydrogen) atoms. The van der Waals surface area contributed by atoms with Crippen molar-refractivity contribution in [3.63, 3.8) is 0 Å². The van der Waals surface area contributed by atoms with Crippen molar-refractivity contribution in [3.8, 4) is 0 Å². The summed E-state index contributed by atoms with van der Waals surface area (Å²) in [5, 5.41) is 3.06. The summed E-state index contributed by atoms with van der Waals surface area (Å²) in [6.45, 7) is 4.16. The van der Waals surface area contributed by atoms with E-state index in [2.05, 4.69) is 23.7 Å². The van der Waals surface area contributed by atoms with Crippen LogP contribution in [-0.2, 0) is 10.8 Å². The molecule has 1 saturated carbocycles. The molecule has 1 N–H and O–H groups in total. The molecule has 5 heteroatoms. The van der Waals surface area contributed by atoms with Crippen molar-refractivity contribution in [2.24, 2.45) is 0 Å². The molecule has 2 atom stereocenters. The number of nitrogens with zero attached hydrogens (tertiary/aromatic N) is 1. The number of hydrogen-bond donors (Lipinski definition) is 1. The van der Waals surface area contributed by atoms with Gasteiger partial charge in [0.1, 0.15) is 0 Å². The van der Waals surface area contributed by atoms with Gasteiger partial charge in [0.25, 0.3) is 5.91 Å². The molecule has 0 aromatic carbocycles. The Morgan fingerprint density at radius 3 is 2.59 bits per heavy atom. The van der Waals surface area contributed by atoms with E-state index < -0.39 is 10.8 Å². The molecule has 2 fully saturated rings. The number of carbonyl (C=O) groups is 1. The van der Waals surface area contributed by atoms with Crippen molar-refractivity contribution in [1.82, 2.24) is 9.88 Å². The lowest BCUT2D eigenvalue weighted by Gasteiger charge is -2.26. The molecule has 122 valence electrons. The van der Waals surface area contributed by atoms with Crippen LogP contribution in [0.2, 0.25) is 0 Å². The predicted octanol–water partition coefficient (Wildman–Crippen LogP) is 2.86. The lowest BCUT2D eigenvalue weighted by Crippen LogP contribution is -2.35. The number of nitrogens with one attached hydrogen (secondary N) is 1. The third-order valence-corrected chi connectivity index (χ3v) is 6.55. The molecule has 4 nitrogen and oxygen atoms in total. The zero-order chi connectivity index (χ0) is 15.7. The molecule has 0 spiro atoms. The second kappa shape index (κ2) is 6.57.